The molecular weight excluding hydrogens is 432 g/mol. The van der Waals surface area contributed by atoms with Gasteiger partial charge in [0.05, 0.1) is 17.8 Å². The number of hydrogen-bond donors (Lipinski definition) is 2. The van der Waals surface area contributed by atoms with Crippen molar-refractivity contribution in [1.29, 1.82) is 0 Å². The quantitative estimate of drug-likeness (QED) is 0.590. The summed E-state index contributed by atoms with van der Waals surface area (Å²) in [5.41, 5.74) is 1.68. The van der Waals surface area contributed by atoms with Crippen molar-refractivity contribution in [3.63, 3.8) is 0 Å². The molecule has 10 heteroatoms. The molecule has 2 N–H and O–H groups in total. The van der Waals surface area contributed by atoms with Crippen LogP contribution in [0.2, 0.25) is 0 Å². The molecule has 1 aliphatic heterocycles. The molecular formula is C22H22N4O5S. The number of rotatable bonds is 6. The zero-order valence-corrected chi connectivity index (χ0v) is 18.3. The molecule has 166 valence electrons. The van der Waals surface area contributed by atoms with Gasteiger partial charge < -0.3 is 15.2 Å². The first-order valence-corrected chi connectivity index (χ1v) is 11.4. The van der Waals surface area contributed by atoms with Gasteiger partial charge in [-0.3, -0.25) is 13.9 Å². The number of carbonyl (C=O) groups is 2. The molecule has 2 heterocycles. The number of carbonyl (C=O) groups excluding carboxylic acids is 2. The van der Waals surface area contributed by atoms with Gasteiger partial charge in [-0.2, -0.15) is 0 Å². The van der Waals surface area contributed by atoms with E-state index in [2.05, 4.69) is 15.8 Å². The molecule has 0 saturated carbocycles. The van der Waals surface area contributed by atoms with Crippen molar-refractivity contribution >= 4 is 33.2 Å². The maximum Gasteiger partial charge on any atom is 0.270 e. The predicted molar refractivity (Wildman–Crippen MR) is 117 cm³/mol. The van der Waals surface area contributed by atoms with Gasteiger partial charge >= 0.3 is 0 Å². The number of aromatic nitrogens is 1. The van der Waals surface area contributed by atoms with E-state index in [-0.39, 0.29) is 35.0 Å². The summed E-state index contributed by atoms with van der Waals surface area (Å²) in [5.74, 6) is -0.931. The van der Waals surface area contributed by atoms with E-state index in [0.29, 0.717) is 5.69 Å². The van der Waals surface area contributed by atoms with E-state index in [9.17, 15) is 18.0 Å². The Morgan fingerprint density at radius 2 is 1.81 bits per heavy atom. The zero-order valence-electron chi connectivity index (χ0n) is 17.5. The predicted octanol–water partition coefficient (Wildman–Crippen LogP) is 2.51. The second-order valence-electron chi connectivity index (χ2n) is 7.44. The van der Waals surface area contributed by atoms with Crippen molar-refractivity contribution in [2.24, 2.45) is 0 Å². The summed E-state index contributed by atoms with van der Waals surface area (Å²) in [5, 5.41) is 9.19. The first-order chi connectivity index (χ1) is 15.3. The van der Waals surface area contributed by atoms with Gasteiger partial charge in [-0.25, -0.2) is 8.42 Å². The molecule has 2 amide bonds. The third-order valence-electron chi connectivity index (χ3n) is 5.18. The molecule has 1 atom stereocenters. The van der Waals surface area contributed by atoms with Gasteiger partial charge in [0, 0.05) is 6.54 Å². The number of benzene rings is 2. The molecule has 0 spiro atoms. The van der Waals surface area contributed by atoms with Crippen LogP contribution in [0.3, 0.4) is 0 Å². The van der Waals surface area contributed by atoms with Crippen molar-refractivity contribution in [3.05, 3.63) is 71.6 Å². The van der Waals surface area contributed by atoms with Crippen LogP contribution in [0.15, 0.2) is 64.0 Å². The van der Waals surface area contributed by atoms with Crippen LogP contribution in [0.4, 0.5) is 11.4 Å². The van der Waals surface area contributed by atoms with Crippen molar-refractivity contribution in [2.45, 2.75) is 37.8 Å². The normalized spacial score (nSPS) is 15.8. The van der Waals surface area contributed by atoms with Crippen LogP contribution >= 0.6 is 0 Å². The summed E-state index contributed by atoms with van der Waals surface area (Å²) in [7, 11) is -4.25. The van der Waals surface area contributed by atoms with Gasteiger partial charge in [-0.05, 0) is 31.5 Å². The lowest BCUT2D eigenvalue weighted by molar-refractivity contribution is -0.125. The summed E-state index contributed by atoms with van der Waals surface area (Å²) in [4.78, 5) is 25.5. The highest BCUT2D eigenvalue weighted by Crippen LogP contribution is 2.38. The number of aryl methyl sites for hydroxylation is 2. The average Bonchev–Trinajstić information content (AvgIpc) is 3.12. The Kier molecular flexibility index (Phi) is 5.70. The first kappa shape index (κ1) is 21.6. The Hall–Kier alpha value is -3.66. The van der Waals surface area contributed by atoms with Crippen molar-refractivity contribution in [2.75, 3.05) is 9.62 Å². The molecule has 0 saturated heterocycles. The lowest BCUT2D eigenvalue weighted by atomic mass is 10.1. The van der Waals surface area contributed by atoms with Crippen LogP contribution in [0.5, 0.6) is 0 Å². The highest BCUT2D eigenvalue weighted by molar-refractivity contribution is 7.93. The van der Waals surface area contributed by atoms with Crippen LogP contribution in [0, 0.1) is 13.8 Å². The molecule has 1 aliphatic rings. The number of anilines is 2. The van der Waals surface area contributed by atoms with Gasteiger partial charge in [-0.1, -0.05) is 47.6 Å². The zero-order chi connectivity index (χ0) is 22.9. The number of nitrogens with one attached hydrogen (secondary N) is 2. The van der Waals surface area contributed by atoms with E-state index in [1.54, 1.807) is 24.3 Å². The largest absolute Gasteiger partial charge is 0.360 e. The van der Waals surface area contributed by atoms with E-state index >= 15 is 0 Å². The summed E-state index contributed by atoms with van der Waals surface area (Å²) in [6, 6.07) is 14.6. The summed E-state index contributed by atoms with van der Waals surface area (Å²) in [6.45, 7) is 3.27. The second kappa shape index (κ2) is 8.46. The smallest absolute Gasteiger partial charge is 0.270 e. The standard InChI is InChI=1S/C22H22N4O5S/c1-14-21(15(2)31-25-14)32(29,30)26-18-11-7-6-10-17(18)24-22(28)19(26)12-20(27)23-13-16-8-4-3-5-9-16/h3-11,19H,12-13H2,1-2H3,(H,23,27)(H,24,28). The maximum absolute atomic E-state index is 13.7. The monoisotopic (exact) mass is 454 g/mol. The topological polar surface area (TPSA) is 122 Å². The van der Waals surface area contributed by atoms with Crippen molar-refractivity contribution in [3.8, 4) is 0 Å². The molecule has 0 radical (unpaired) electrons. The number of nitrogens with zero attached hydrogens (tertiary/aromatic N) is 2. The first-order valence-electron chi connectivity index (χ1n) is 9.97. The van der Waals surface area contributed by atoms with Gasteiger partial charge in [0.15, 0.2) is 10.7 Å². The van der Waals surface area contributed by atoms with E-state index in [0.717, 1.165) is 9.87 Å². The third kappa shape index (κ3) is 3.96. The van der Waals surface area contributed by atoms with Gasteiger partial charge in [-0.15, -0.1) is 0 Å². The van der Waals surface area contributed by atoms with Crippen LogP contribution < -0.4 is 14.9 Å². The molecule has 1 unspecified atom stereocenters. The molecule has 32 heavy (non-hydrogen) atoms. The fourth-order valence-corrected chi connectivity index (χ4v) is 5.65. The Morgan fingerprint density at radius 3 is 2.50 bits per heavy atom. The average molecular weight is 455 g/mol. The summed E-state index contributed by atoms with van der Waals surface area (Å²) in [6.07, 6.45) is -0.352. The highest BCUT2D eigenvalue weighted by Gasteiger charge is 2.43. The van der Waals surface area contributed by atoms with Gasteiger partial charge in [0.1, 0.15) is 11.7 Å². The van der Waals surface area contributed by atoms with Crippen molar-refractivity contribution < 1.29 is 22.5 Å². The Labute approximate surface area is 185 Å². The second-order valence-corrected chi connectivity index (χ2v) is 9.19. The number of fused-ring (bicyclic) bond motifs is 1. The molecule has 3 aromatic rings. The van der Waals surface area contributed by atoms with E-state index in [1.807, 2.05) is 30.3 Å². The Balaban J connectivity index is 1.68. The van der Waals surface area contributed by atoms with Crippen molar-refractivity contribution in [1.82, 2.24) is 10.5 Å². The lowest BCUT2D eigenvalue weighted by Gasteiger charge is -2.36. The highest BCUT2D eigenvalue weighted by atomic mass is 32.2. The minimum absolute atomic E-state index is 0.109. The summed E-state index contributed by atoms with van der Waals surface area (Å²) >= 11 is 0. The number of para-hydroxylation sites is 2. The van der Waals surface area contributed by atoms with E-state index < -0.39 is 27.9 Å². The minimum Gasteiger partial charge on any atom is -0.360 e. The molecule has 0 aliphatic carbocycles. The van der Waals surface area contributed by atoms with Crippen LogP contribution in [0.25, 0.3) is 0 Å². The summed E-state index contributed by atoms with van der Waals surface area (Å²) < 4.78 is 33.4. The van der Waals surface area contributed by atoms with Gasteiger partial charge in [0.2, 0.25) is 11.8 Å². The van der Waals surface area contributed by atoms with Crippen LogP contribution in [0.1, 0.15) is 23.4 Å². The lowest BCUT2D eigenvalue weighted by Crippen LogP contribution is -2.52. The molecule has 0 bridgehead atoms. The number of sulfonamides is 1. The molecule has 1 aromatic heterocycles. The third-order valence-corrected chi connectivity index (χ3v) is 7.25. The minimum atomic E-state index is -4.25. The van der Waals surface area contributed by atoms with E-state index in [1.165, 1.54) is 13.8 Å². The molecule has 2 aromatic carbocycles. The Bertz CT molecular complexity index is 1250. The van der Waals surface area contributed by atoms with E-state index in [4.69, 9.17) is 4.52 Å². The number of amides is 2. The molecule has 0 fully saturated rings. The molecule has 4 rings (SSSR count). The Morgan fingerprint density at radius 1 is 1.12 bits per heavy atom. The molecule has 9 nitrogen and oxygen atoms in total. The fraction of sp³-hybridized carbons (Fsp3) is 0.227. The number of hydrogen-bond acceptors (Lipinski definition) is 6. The van der Waals surface area contributed by atoms with Crippen LogP contribution in [-0.2, 0) is 26.2 Å². The maximum atomic E-state index is 13.7. The van der Waals surface area contributed by atoms with Gasteiger partial charge in [0.25, 0.3) is 10.0 Å². The SMILES string of the molecule is Cc1noc(C)c1S(=O)(=O)N1c2ccccc2NC(=O)C1CC(=O)NCc1ccccc1. The van der Waals surface area contributed by atoms with Crippen LogP contribution in [-0.4, -0.2) is 31.4 Å². The fourth-order valence-electron chi connectivity index (χ4n) is 3.72.